The minimum absolute atomic E-state index is 0.0646. The smallest absolute Gasteiger partial charge is 0.277 e. The van der Waals surface area contributed by atoms with E-state index in [0.717, 1.165) is 37.3 Å². The van der Waals surface area contributed by atoms with Crippen molar-refractivity contribution < 1.29 is 14.3 Å². The molecule has 2 saturated heterocycles. The Labute approximate surface area is 181 Å². The van der Waals surface area contributed by atoms with Gasteiger partial charge >= 0.3 is 0 Å². The summed E-state index contributed by atoms with van der Waals surface area (Å²) < 4.78 is 5.70. The van der Waals surface area contributed by atoms with Crippen LogP contribution in [0.2, 0.25) is 0 Å². The second kappa shape index (κ2) is 8.51. The number of nitrogens with zero attached hydrogens (tertiary/aromatic N) is 4. The first-order chi connectivity index (χ1) is 15.2. The van der Waals surface area contributed by atoms with Crippen LogP contribution in [0.4, 0.5) is 5.82 Å². The number of ether oxygens (including phenoxy) is 1. The summed E-state index contributed by atoms with van der Waals surface area (Å²) in [6.45, 7) is 3.84. The van der Waals surface area contributed by atoms with Crippen molar-refractivity contribution in [1.82, 2.24) is 14.8 Å². The SMILES string of the molecule is O=C1C(c2ccccc2)=C(N2CCN(c3ccccn3)CC2)C(=O)N1CC1CCCO1. The molecule has 0 saturated carbocycles. The van der Waals surface area contributed by atoms with Crippen molar-refractivity contribution in [1.29, 1.82) is 0 Å². The van der Waals surface area contributed by atoms with Crippen LogP contribution in [0.15, 0.2) is 60.4 Å². The molecule has 2 aromatic rings. The molecule has 1 unspecified atom stereocenters. The van der Waals surface area contributed by atoms with Crippen LogP contribution in [0.1, 0.15) is 18.4 Å². The van der Waals surface area contributed by atoms with E-state index in [9.17, 15) is 9.59 Å². The second-order valence-electron chi connectivity index (χ2n) is 8.11. The summed E-state index contributed by atoms with van der Waals surface area (Å²) in [6, 6.07) is 15.4. The van der Waals surface area contributed by atoms with Crippen LogP contribution in [0.3, 0.4) is 0 Å². The standard InChI is InChI=1S/C24H26N4O3/c29-23-21(18-7-2-1-3-8-18)22(24(30)28(23)17-19-9-6-16-31-19)27-14-12-26(13-15-27)20-10-4-5-11-25-20/h1-5,7-8,10-11,19H,6,9,12-17H2. The van der Waals surface area contributed by atoms with Gasteiger partial charge in [0.1, 0.15) is 11.5 Å². The van der Waals surface area contributed by atoms with Gasteiger partial charge in [-0.25, -0.2) is 4.98 Å². The van der Waals surface area contributed by atoms with E-state index < -0.39 is 0 Å². The van der Waals surface area contributed by atoms with Gasteiger partial charge in [-0.2, -0.15) is 0 Å². The minimum Gasteiger partial charge on any atom is -0.376 e. The number of pyridine rings is 1. The van der Waals surface area contributed by atoms with Crippen LogP contribution in [0, 0.1) is 0 Å². The number of hydrogen-bond donors (Lipinski definition) is 0. The van der Waals surface area contributed by atoms with Gasteiger partial charge in [-0.1, -0.05) is 36.4 Å². The third kappa shape index (κ3) is 3.81. The molecule has 160 valence electrons. The normalized spacial score (nSPS) is 22.1. The number of hydrogen-bond acceptors (Lipinski definition) is 6. The topological polar surface area (TPSA) is 66.0 Å². The van der Waals surface area contributed by atoms with Gasteiger partial charge in [0.05, 0.1) is 18.2 Å². The van der Waals surface area contributed by atoms with Crippen molar-refractivity contribution in [2.75, 3.05) is 44.2 Å². The number of anilines is 1. The Balaban J connectivity index is 1.41. The number of aromatic nitrogens is 1. The van der Waals surface area contributed by atoms with Crippen molar-refractivity contribution >= 4 is 23.2 Å². The van der Waals surface area contributed by atoms with E-state index in [1.54, 1.807) is 6.20 Å². The maximum Gasteiger partial charge on any atom is 0.277 e. The molecule has 3 aliphatic heterocycles. The molecule has 7 heteroatoms. The van der Waals surface area contributed by atoms with Gasteiger partial charge in [-0.3, -0.25) is 14.5 Å². The predicted octanol–water partition coefficient (Wildman–Crippen LogP) is 2.16. The zero-order valence-corrected chi connectivity index (χ0v) is 17.4. The molecule has 2 fully saturated rings. The fraction of sp³-hybridized carbons (Fsp3) is 0.375. The molecule has 0 N–H and O–H groups in total. The molecule has 4 heterocycles. The number of rotatable bonds is 5. The number of imide groups is 1. The Kier molecular flexibility index (Phi) is 5.42. The highest BCUT2D eigenvalue weighted by Crippen LogP contribution is 2.33. The van der Waals surface area contributed by atoms with Gasteiger partial charge in [0.15, 0.2) is 0 Å². The molecule has 0 radical (unpaired) electrons. The molecule has 1 aromatic heterocycles. The highest BCUT2D eigenvalue weighted by atomic mass is 16.5. The van der Waals surface area contributed by atoms with E-state index in [4.69, 9.17) is 4.74 Å². The van der Waals surface area contributed by atoms with Crippen LogP contribution < -0.4 is 4.90 Å². The molecule has 0 bridgehead atoms. The lowest BCUT2D eigenvalue weighted by Gasteiger charge is -2.37. The third-order valence-electron chi connectivity index (χ3n) is 6.19. The number of amides is 2. The average Bonchev–Trinajstić information content (AvgIpc) is 3.43. The van der Waals surface area contributed by atoms with Crippen LogP contribution in [-0.2, 0) is 14.3 Å². The first-order valence-electron chi connectivity index (χ1n) is 10.9. The van der Waals surface area contributed by atoms with E-state index in [1.807, 2.05) is 48.5 Å². The van der Waals surface area contributed by atoms with Gasteiger partial charge in [-0.15, -0.1) is 0 Å². The van der Waals surface area contributed by atoms with Crippen molar-refractivity contribution in [3.8, 4) is 0 Å². The molecule has 7 nitrogen and oxygen atoms in total. The third-order valence-corrected chi connectivity index (χ3v) is 6.19. The summed E-state index contributed by atoms with van der Waals surface area (Å²) in [5, 5.41) is 0. The van der Waals surface area contributed by atoms with Crippen LogP contribution in [0.25, 0.3) is 5.57 Å². The van der Waals surface area contributed by atoms with Crippen molar-refractivity contribution in [2.24, 2.45) is 0 Å². The summed E-state index contributed by atoms with van der Waals surface area (Å²) in [5.41, 5.74) is 1.82. The largest absolute Gasteiger partial charge is 0.376 e. The Morgan fingerprint density at radius 3 is 2.32 bits per heavy atom. The molecular formula is C24H26N4O3. The Bertz CT molecular complexity index is 978. The molecule has 5 rings (SSSR count). The number of carbonyl (C=O) groups excluding carboxylic acids is 2. The molecule has 2 amide bonds. The molecular weight excluding hydrogens is 392 g/mol. The Morgan fingerprint density at radius 1 is 0.903 bits per heavy atom. The first kappa shape index (κ1) is 19.8. The summed E-state index contributed by atoms with van der Waals surface area (Å²) >= 11 is 0. The lowest BCUT2D eigenvalue weighted by Crippen LogP contribution is -2.48. The molecule has 0 spiro atoms. The van der Waals surface area contributed by atoms with Gasteiger partial charge < -0.3 is 14.5 Å². The van der Waals surface area contributed by atoms with Crippen LogP contribution in [-0.4, -0.2) is 72.0 Å². The summed E-state index contributed by atoms with van der Waals surface area (Å²) in [4.78, 5) is 37.0. The number of carbonyl (C=O) groups is 2. The molecule has 0 aliphatic carbocycles. The summed E-state index contributed by atoms with van der Waals surface area (Å²) in [5.74, 6) is 0.521. The van der Waals surface area contributed by atoms with Gasteiger partial charge in [0.25, 0.3) is 11.8 Å². The van der Waals surface area contributed by atoms with E-state index in [1.165, 1.54) is 4.90 Å². The average molecular weight is 418 g/mol. The predicted molar refractivity (Wildman–Crippen MR) is 117 cm³/mol. The lowest BCUT2D eigenvalue weighted by molar-refractivity contribution is -0.139. The van der Waals surface area contributed by atoms with Gasteiger partial charge in [0, 0.05) is 39.0 Å². The van der Waals surface area contributed by atoms with E-state index >= 15 is 0 Å². The second-order valence-corrected chi connectivity index (χ2v) is 8.11. The maximum absolute atomic E-state index is 13.5. The molecule has 1 aromatic carbocycles. The monoisotopic (exact) mass is 418 g/mol. The first-order valence-corrected chi connectivity index (χ1v) is 10.9. The molecule has 31 heavy (non-hydrogen) atoms. The fourth-order valence-corrected chi connectivity index (χ4v) is 4.58. The molecule has 3 aliphatic rings. The molecule has 1 atom stereocenters. The zero-order chi connectivity index (χ0) is 21.2. The quantitative estimate of drug-likeness (QED) is 0.694. The van der Waals surface area contributed by atoms with Gasteiger partial charge in [0.2, 0.25) is 0 Å². The van der Waals surface area contributed by atoms with Gasteiger partial charge in [-0.05, 0) is 30.5 Å². The van der Waals surface area contributed by atoms with Crippen molar-refractivity contribution in [2.45, 2.75) is 18.9 Å². The minimum atomic E-state index is -0.214. The number of benzene rings is 1. The zero-order valence-electron chi connectivity index (χ0n) is 17.4. The van der Waals surface area contributed by atoms with Crippen LogP contribution >= 0.6 is 0 Å². The summed E-state index contributed by atoms with van der Waals surface area (Å²) in [7, 11) is 0. The highest BCUT2D eigenvalue weighted by molar-refractivity contribution is 6.35. The maximum atomic E-state index is 13.5. The van der Waals surface area contributed by atoms with Crippen LogP contribution in [0.5, 0.6) is 0 Å². The van der Waals surface area contributed by atoms with E-state index in [0.29, 0.717) is 37.5 Å². The fourth-order valence-electron chi connectivity index (χ4n) is 4.58. The van der Waals surface area contributed by atoms with Crippen molar-refractivity contribution in [3.63, 3.8) is 0 Å². The summed E-state index contributed by atoms with van der Waals surface area (Å²) in [6.07, 6.45) is 3.59. The highest BCUT2D eigenvalue weighted by Gasteiger charge is 2.43. The Hall–Kier alpha value is -3.19. The Morgan fingerprint density at radius 2 is 1.65 bits per heavy atom. The number of piperazine rings is 1. The lowest BCUT2D eigenvalue weighted by atomic mass is 10.0. The van der Waals surface area contributed by atoms with Crippen molar-refractivity contribution in [3.05, 3.63) is 66.0 Å². The van der Waals surface area contributed by atoms with E-state index in [-0.39, 0.29) is 17.9 Å². The van der Waals surface area contributed by atoms with E-state index in [2.05, 4.69) is 14.8 Å².